The molecule has 1 saturated heterocycles. The summed E-state index contributed by atoms with van der Waals surface area (Å²) in [4.78, 5) is 19.0. The molecular weight excluding hydrogens is 314 g/mol. The summed E-state index contributed by atoms with van der Waals surface area (Å²) in [7, 11) is 3.52. The Morgan fingerprint density at radius 3 is 2.84 bits per heavy atom. The van der Waals surface area contributed by atoms with Crippen molar-refractivity contribution in [1.82, 2.24) is 9.88 Å². The highest BCUT2D eigenvalue weighted by Crippen LogP contribution is 2.28. The molecule has 0 bridgehead atoms. The van der Waals surface area contributed by atoms with E-state index in [1.54, 1.807) is 7.11 Å². The van der Waals surface area contributed by atoms with Crippen LogP contribution in [0.3, 0.4) is 0 Å². The molecule has 1 atom stereocenters. The average Bonchev–Trinajstić information content (AvgIpc) is 2.68. The fourth-order valence-corrected chi connectivity index (χ4v) is 3.34. The van der Waals surface area contributed by atoms with E-state index in [9.17, 15) is 4.79 Å². The monoisotopic (exact) mass is 339 g/mol. The van der Waals surface area contributed by atoms with Gasteiger partial charge in [0.25, 0.3) is 0 Å². The van der Waals surface area contributed by atoms with Crippen molar-refractivity contribution in [3.63, 3.8) is 0 Å². The third kappa shape index (κ3) is 4.29. The number of pyridine rings is 1. The fraction of sp³-hybridized carbons (Fsp3) is 0.400. The predicted octanol–water partition coefficient (Wildman–Crippen LogP) is 3.08. The quantitative estimate of drug-likeness (QED) is 0.909. The molecule has 5 heteroatoms. The van der Waals surface area contributed by atoms with Crippen molar-refractivity contribution in [2.45, 2.75) is 25.2 Å². The Balaban J connectivity index is 1.64. The van der Waals surface area contributed by atoms with E-state index in [0.717, 1.165) is 43.1 Å². The number of carbonyl (C=O) groups is 1. The first-order chi connectivity index (χ1) is 12.2. The van der Waals surface area contributed by atoms with Crippen LogP contribution in [-0.2, 0) is 11.2 Å². The highest BCUT2D eigenvalue weighted by molar-refractivity contribution is 5.79. The van der Waals surface area contributed by atoms with Crippen molar-refractivity contribution >= 4 is 11.7 Å². The Morgan fingerprint density at radius 1 is 1.32 bits per heavy atom. The molecule has 2 aromatic rings. The zero-order valence-electron chi connectivity index (χ0n) is 14.9. The van der Waals surface area contributed by atoms with Crippen LogP contribution in [-0.4, -0.2) is 43.0 Å². The number of rotatable bonds is 5. The molecule has 0 radical (unpaired) electrons. The van der Waals surface area contributed by atoms with Crippen LogP contribution in [0.4, 0.5) is 5.82 Å². The Kier molecular flexibility index (Phi) is 5.53. The van der Waals surface area contributed by atoms with Gasteiger partial charge in [0.05, 0.1) is 13.5 Å². The van der Waals surface area contributed by atoms with Crippen LogP contribution in [0.5, 0.6) is 5.75 Å². The van der Waals surface area contributed by atoms with Gasteiger partial charge >= 0.3 is 0 Å². The van der Waals surface area contributed by atoms with Crippen molar-refractivity contribution in [2.75, 3.05) is 32.6 Å². The van der Waals surface area contributed by atoms with Crippen molar-refractivity contribution in [1.29, 1.82) is 0 Å². The van der Waals surface area contributed by atoms with Gasteiger partial charge in [-0.05, 0) is 48.2 Å². The number of hydrogen-bond acceptors (Lipinski definition) is 4. The summed E-state index contributed by atoms with van der Waals surface area (Å²) in [5.74, 6) is 2.26. The summed E-state index contributed by atoms with van der Waals surface area (Å²) in [6, 6.07) is 11.9. The molecule has 1 unspecified atom stereocenters. The maximum absolute atomic E-state index is 12.7. The Bertz CT molecular complexity index is 715. The lowest BCUT2D eigenvalue weighted by molar-refractivity contribution is -0.131. The van der Waals surface area contributed by atoms with Crippen LogP contribution >= 0.6 is 0 Å². The third-order valence-corrected chi connectivity index (χ3v) is 4.80. The first kappa shape index (κ1) is 17.3. The molecule has 0 spiro atoms. The normalized spacial score (nSPS) is 17.2. The van der Waals surface area contributed by atoms with E-state index in [2.05, 4.69) is 22.4 Å². The molecule has 5 nitrogen and oxygen atoms in total. The summed E-state index contributed by atoms with van der Waals surface area (Å²) in [5, 5.41) is 3.08. The molecule has 1 aromatic carbocycles. The Morgan fingerprint density at radius 2 is 2.12 bits per heavy atom. The maximum atomic E-state index is 12.7. The van der Waals surface area contributed by atoms with Gasteiger partial charge < -0.3 is 15.0 Å². The SMILES string of the molecule is CNc1cc(C2CCCN(C(=O)Cc3ccc(OC)cc3)C2)ccn1. The van der Waals surface area contributed by atoms with Crippen molar-refractivity contribution < 1.29 is 9.53 Å². The van der Waals surface area contributed by atoms with Crippen LogP contribution in [0.15, 0.2) is 42.6 Å². The summed E-state index contributed by atoms with van der Waals surface area (Å²) in [6.45, 7) is 1.62. The van der Waals surface area contributed by atoms with Crippen LogP contribution in [0.1, 0.15) is 29.9 Å². The topological polar surface area (TPSA) is 54.5 Å². The third-order valence-electron chi connectivity index (χ3n) is 4.80. The van der Waals surface area contributed by atoms with Crippen LogP contribution in [0.25, 0.3) is 0 Å². The molecule has 3 rings (SSSR count). The molecule has 1 aliphatic heterocycles. The molecule has 1 amide bonds. The number of carbonyl (C=O) groups excluding carboxylic acids is 1. The number of benzene rings is 1. The lowest BCUT2D eigenvalue weighted by Crippen LogP contribution is -2.39. The van der Waals surface area contributed by atoms with Crippen molar-refractivity contribution in [2.24, 2.45) is 0 Å². The van der Waals surface area contributed by atoms with Gasteiger partial charge in [0.2, 0.25) is 5.91 Å². The van der Waals surface area contributed by atoms with Crippen LogP contribution in [0, 0.1) is 0 Å². The number of hydrogen-bond donors (Lipinski definition) is 1. The van der Waals surface area contributed by atoms with E-state index in [1.165, 1.54) is 5.56 Å². The van der Waals surface area contributed by atoms with Gasteiger partial charge in [-0.15, -0.1) is 0 Å². The molecule has 132 valence electrons. The predicted molar refractivity (Wildman–Crippen MR) is 99.0 cm³/mol. The zero-order valence-corrected chi connectivity index (χ0v) is 14.9. The molecule has 1 fully saturated rings. The van der Waals surface area contributed by atoms with E-state index in [1.807, 2.05) is 42.4 Å². The minimum absolute atomic E-state index is 0.192. The number of nitrogens with one attached hydrogen (secondary N) is 1. The maximum Gasteiger partial charge on any atom is 0.227 e. The van der Waals surface area contributed by atoms with Gasteiger partial charge in [0, 0.05) is 32.3 Å². The molecule has 1 aliphatic rings. The number of methoxy groups -OCH3 is 1. The minimum atomic E-state index is 0.192. The second kappa shape index (κ2) is 8.01. The van der Waals surface area contributed by atoms with Gasteiger partial charge in [0.15, 0.2) is 0 Å². The first-order valence-corrected chi connectivity index (χ1v) is 8.74. The van der Waals surface area contributed by atoms with E-state index in [0.29, 0.717) is 12.3 Å². The lowest BCUT2D eigenvalue weighted by atomic mass is 9.91. The fourth-order valence-electron chi connectivity index (χ4n) is 3.34. The Labute approximate surface area is 149 Å². The van der Waals surface area contributed by atoms with Crippen LogP contribution in [0.2, 0.25) is 0 Å². The second-order valence-electron chi connectivity index (χ2n) is 6.43. The van der Waals surface area contributed by atoms with Gasteiger partial charge in [0.1, 0.15) is 11.6 Å². The summed E-state index contributed by atoms with van der Waals surface area (Å²) >= 11 is 0. The molecular formula is C20H25N3O2. The summed E-state index contributed by atoms with van der Waals surface area (Å²) in [6.07, 6.45) is 4.42. The number of ether oxygens (including phenoxy) is 1. The smallest absolute Gasteiger partial charge is 0.227 e. The minimum Gasteiger partial charge on any atom is -0.497 e. The number of aromatic nitrogens is 1. The lowest BCUT2D eigenvalue weighted by Gasteiger charge is -2.33. The van der Waals surface area contributed by atoms with Crippen molar-refractivity contribution in [3.8, 4) is 5.75 Å². The number of amides is 1. The molecule has 25 heavy (non-hydrogen) atoms. The molecule has 1 aromatic heterocycles. The standard InChI is InChI=1S/C20H25N3O2/c1-21-19-13-16(9-10-22-19)17-4-3-11-23(14-17)20(24)12-15-5-7-18(25-2)8-6-15/h5-10,13,17H,3-4,11-12,14H2,1-2H3,(H,21,22). The number of piperidine rings is 1. The number of likely N-dealkylation sites (tertiary alicyclic amines) is 1. The van der Waals surface area contributed by atoms with Gasteiger partial charge in [-0.2, -0.15) is 0 Å². The van der Waals surface area contributed by atoms with Gasteiger partial charge in [-0.25, -0.2) is 4.98 Å². The van der Waals surface area contributed by atoms with E-state index in [4.69, 9.17) is 4.74 Å². The van der Waals surface area contributed by atoms with Gasteiger partial charge in [-0.1, -0.05) is 12.1 Å². The highest BCUT2D eigenvalue weighted by Gasteiger charge is 2.25. The summed E-state index contributed by atoms with van der Waals surface area (Å²) < 4.78 is 5.17. The van der Waals surface area contributed by atoms with Crippen molar-refractivity contribution in [3.05, 3.63) is 53.7 Å². The average molecular weight is 339 g/mol. The largest absolute Gasteiger partial charge is 0.497 e. The first-order valence-electron chi connectivity index (χ1n) is 8.74. The van der Waals surface area contributed by atoms with Gasteiger partial charge in [-0.3, -0.25) is 4.79 Å². The van der Waals surface area contributed by atoms with E-state index < -0.39 is 0 Å². The van der Waals surface area contributed by atoms with Crippen LogP contribution < -0.4 is 10.1 Å². The van der Waals surface area contributed by atoms with E-state index >= 15 is 0 Å². The summed E-state index contributed by atoms with van der Waals surface area (Å²) in [5.41, 5.74) is 2.27. The van der Waals surface area contributed by atoms with E-state index in [-0.39, 0.29) is 5.91 Å². The zero-order chi connectivity index (χ0) is 17.6. The highest BCUT2D eigenvalue weighted by atomic mass is 16.5. The number of nitrogens with zero attached hydrogens (tertiary/aromatic N) is 2. The molecule has 1 N–H and O–H groups in total. The molecule has 0 aliphatic carbocycles. The molecule has 0 saturated carbocycles. The molecule has 2 heterocycles. The number of anilines is 1. The second-order valence-corrected chi connectivity index (χ2v) is 6.43. The Hall–Kier alpha value is -2.56.